The molecular weight excluding hydrogens is 256 g/mol. The number of hydrogen-bond acceptors (Lipinski definition) is 5. The van der Waals surface area contributed by atoms with Gasteiger partial charge < -0.3 is 5.11 Å². The van der Waals surface area contributed by atoms with Crippen molar-refractivity contribution >= 4 is 21.9 Å². The number of aliphatic hydroxyl groups is 1. The van der Waals surface area contributed by atoms with Gasteiger partial charge in [-0.25, -0.2) is 0 Å². The Morgan fingerprint density at radius 1 is 1.19 bits per heavy atom. The number of aliphatic hydroxyl groups excluding tert-OH is 1. The number of benzene rings is 1. The summed E-state index contributed by atoms with van der Waals surface area (Å²) in [6.07, 6.45) is 0. The molecular formula is C9H7ClO5S. The van der Waals surface area contributed by atoms with Gasteiger partial charge in [0.25, 0.3) is 0 Å². The molecule has 0 saturated carbocycles. The Morgan fingerprint density at radius 3 is 2.56 bits per heavy atom. The summed E-state index contributed by atoms with van der Waals surface area (Å²) in [5, 5.41) is 12.3. The SMILES string of the molecule is [O-][Cl+3]([O-])([O-])OS1=Cc2ccccc2C(O)=C1. The summed E-state index contributed by atoms with van der Waals surface area (Å²) in [6, 6.07) is 6.85. The van der Waals surface area contributed by atoms with Gasteiger partial charge in [-0.2, -0.15) is 14.0 Å². The molecule has 0 saturated heterocycles. The van der Waals surface area contributed by atoms with Crippen molar-refractivity contribution in [3.05, 3.63) is 40.8 Å². The van der Waals surface area contributed by atoms with Gasteiger partial charge in [0.15, 0.2) is 0 Å². The van der Waals surface area contributed by atoms with Crippen molar-refractivity contribution in [2.24, 2.45) is 0 Å². The van der Waals surface area contributed by atoms with E-state index in [1.165, 1.54) is 10.8 Å². The summed E-state index contributed by atoms with van der Waals surface area (Å²) in [7, 11) is -5.86. The van der Waals surface area contributed by atoms with Gasteiger partial charge in [0.1, 0.15) is 20.3 Å². The number of hydrogen-bond donors (Lipinski definition) is 1. The molecule has 0 radical (unpaired) electrons. The van der Waals surface area contributed by atoms with E-state index in [2.05, 4.69) is 3.74 Å². The molecule has 0 aromatic heterocycles. The van der Waals surface area contributed by atoms with E-state index in [-0.39, 0.29) is 5.76 Å². The Morgan fingerprint density at radius 2 is 1.88 bits per heavy atom. The molecule has 1 aromatic rings. The average molecular weight is 263 g/mol. The Hall–Kier alpha value is -0.890. The van der Waals surface area contributed by atoms with Crippen molar-refractivity contribution in [3.8, 4) is 0 Å². The van der Waals surface area contributed by atoms with Crippen LogP contribution in [-0.2, 0) is 3.74 Å². The number of rotatable bonds is 2. The first-order chi connectivity index (χ1) is 7.46. The molecule has 2 rings (SSSR count). The minimum absolute atomic E-state index is 0.0970. The standard InChI is InChI=1S/C9H7ClO5S/c11-9-6-16(15-10(12,13)14)5-7-3-1-2-4-8(7)9/h1-6,11H. The van der Waals surface area contributed by atoms with Gasteiger partial charge in [0, 0.05) is 16.3 Å². The Kier molecular flexibility index (Phi) is 3.02. The zero-order valence-corrected chi connectivity index (χ0v) is 9.40. The lowest BCUT2D eigenvalue weighted by Gasteiger charge is -2.15. The molecule has 7 heteroatoms. The second-order valence-electron chi connectivity index (χ2n) is 2.98. The first-order valence-corrected chi connectivity index (χ1v) is 6.64. The molecule has 1 aromatic carbocycles. The maximum atomic E-state index is 10.4. The third-order valence-corrected chi connectivity index (χ3v) is 4.00. The van der Waals surface area contributed by atoms with Crippen molar-refractivity contribution < 1.29 is 33.1 Å². The van der Waals surface area contributed by atoms with Gasteiger partial charge in [-0.3, -0.25) is 0 Å². The number of halogens is 1. The fraction of sp³-hybridized carbons (Fsp3) is 0. The maximum Gasteiger partial charge on any atom is 0.140 e. The van der Waals surface area contributed by atoms with E-state index in [1.54, 1.807) is 24.3 Å². The molecule has 1 atom stereocenters. The summed E-state index contributed by atoms with van der Waals surface area (Å²) in [6.45, 7) is 0. The van der Waals surface area contributed by atoms with Gasteiger partial charge in [0.2, 0.25) is 0 Å². The largest absolute Gasteiger partial charge is 0.507 e. The van der Waals surface area contributed by atoms with Crippen LogP contribution in [0.25, 0.3) is 5.76 Å². The lowest BCUT2D eigenvalue weighted by molar-refractivity contribution is -1.91. The molecule has 0 amide bonds. The zero-order valence-electron chi connectivity index (χ0n) is 7.83. The summed E-state index contributed by atoms with van der Waals surface area (Å²) in [4.78, 5) is 0. The Bertz CT molecular complexity index is 477. The molecule has 0 fully saturated rings. The van der Waals surface area contributed by atoms with Gasteiger partial charge in [-0.1, -0.05) is 24.3 Å². The quantitative estimate of drug-likeness (QED) is 0.676. The predicted molar refractivity (Wildman–Crippen MR) is 50.9 cm³/mol. The fourth-order valence-electron chi connectivity index (χ4n) is 1.29. The van der Waals surface area contributed by atoms with E-state index in [0.717, 1.165) is 0 Å². The van der Waals surface area contributed by atoms with E-state index in [1.807, 2.05) is 0 Å². The van der Waals surface area contributed by atoms with E-state index < -0.39 is 21.0 Å². The second kappa shape index (κ2) is 4.17. The van der Waals surface area contributed by atoms with Crippen LogP contribution in [0.4, 0.5) is 0 Å². The molecule has 1 heterocycles. The molecule has 0 aliphatic carbocycles. The van der Waals surface area contributed by atoms with Crippen LogP contribution < -0.4 is 14.0 Å². The molecule has 1 aliphatic rings. The lowest BCUT2D eigenvalue weighted by atomic mass is 10.1. The number of fused-ring (bicyclic) bond motifs is 1. The van der Waals surface area contributed by atoms with Crippen LogP contribution in [0, 0.1) is 10.2 Å². The Balaban J connectivity index is 2.37. The molecule has 16 heavy (non-hydrogen) atoms. The monoisotopic (exact) mass is 262 g/mol. The van der Waals surface area contributed by atoms with Gasteiger partial charge in [0.05, 0.1) is 10.2 Å². The maximum absolute atomic E-state index is 10.4. The van der Waals surface area contributed by atoms with E-state index >= 15 is 0 Å². The molecule has 1 N–H and O–H groups in total. The topological polar surface area (TPSA) is 98.6 Å². The van der Waals surface area contributed by atoms with Crippen LogP contribution in [0.5, 0.6) is 0 Å². The molecule has 1 unspecified atom stereocenters. The third-order valence-electron chi connectivity index (χ3n) is 1.86. The van der Waals surface area contributed by atoms with Crippen molar-refractivity contribution in [3.63, 3.8) is 0 Å². The van der Waals surface area contributed by atoms with Gasteiger partial charge in [-0.05, 0) is 5.56 Å². The second-order valence-corrected chi connectivity index (χ2v) is 5.37. The first kappa shape index (κ1) is 11.6. The van der Waals surface area contributed by atoms with Gasteiger partial charge >= 0.3 is 0 Å². The van der Waals surface area contributed by atoms with Crippen LogP contribution in [0.3, 0.4) is 0 Å². The highest BCUT2D eigenvalue weighted by Gasteiger charge is 2.24. The summed E-state index contributed by atoms with van der Waals surface area (Å²) in [5.74, 6) is -0.0970. The third kappa shape index (κ3) is 2.62. The molecule has 0 spiro atoms. The van der Waals surface area contributed by atoms with Crippen LogP contribution >= 0.6 is 10.8 Å². The molecule has 5 nitrogen and oxygen atoms in total. The fourth-order valence-corrected chi connectivity index (χ4v) is 3.17. The minimum atomic E-state index is -4.50. The zero-order chi connectivity index (χ0) is 11.8. The van der Waals surface area contributed by atoms with E-state index in [0.29, 0.717) is 11.1 Å². The van der Waals surface area contributed by atoms with E-state index in [4.69, 9.17) is 0 Å². The summed E-state index contributed by atoms with van der Waals surface area (Å²) in [5.41, 5.74) is 1.21. The lowest BCUT2D eigenvalue weighted by Crippen LogP contribution is -2.60. The highest BCUT2D eigenvalue weighted by Crippen LogP contribution is 2.31. The highest BCUT2D eigenvalue weighted by molar-refractivity contribution is 8.13. The van der Waals surface area contributed by atoms with Crippen LogP contribution in [0.2, 0.25) is 0 Å². The van der Waals surface area contributed by atoms with Gasteiger partial charge in [-0.15, -0.1) is 0 Å². The first-order valence-electron chi connectivity index (χ1n) is 4.13. The molecule has 86 valence electrons. The van der Waals surface area contributed by atoms with Crippen molar-refractivity contribution in [2.45, 2.75) is 0 Å². The van der Waals surface area contributed by atoms with Crippen LogP contribution in [0.15, 0.2) is 29.7 Å². The summed E-state index contributed by atoms with van der Waals surface area (Å²) >= 11 is 0. The summed E-state index contributed by atoms with van der Waals surface area (Å²) < 4.78 is 35.4. The Labute approximate surface area is 96.1 Å². The smallest absolute Gasteiger partial charge is 0.140 e. The molecule has 1 aliphatic heterocycles. The van der Waals surface area contributed by atoms with Crippen molar-refractivity contribution in [2.75, 3.05) is 0 Å². The normalized spacial score (nSPS) is 19.7. The highest BCUT2D eigenvalue weighted by atomic mass is 35.7. The van der Waals surface area contributed by atoms with Crippen LogP contribution in [0.1, 0.15) is 11.1 Å². The van der Waals surface area contributed by atoms with Crippen molar-refractivity contribution in [1.82, 2.24) is 0 Å². The molecule has 0 bridgehead atoms. The van der Waals surface area contributed by atoms with Crippen molar-refractivity contribution in [1.29, 1.82) is 0 Å². The predicted octanol–water partition coefficient (Wildman–Crippen LogP) is -1.20. The van der Waals surface area contributed by atoms with Crippen LogP contribution in [-0.4, -0.2) is 10.5 Å². The van der Waals surface area contributed by atoms with E-state index in [9.17, 15) is 19.1 Å². The minimum Gasteiger partial charge on any atom is -0.507 e. The average Bonchev–Trinajstić information content (AvgIpc) is 2.15.